The third-order valence-corrected chi connectivity index (χ3v) is 8.96. The number of hydrogen-bond donors (Lipinski definition) is 0. The fourth-order valence-electron chi connectivity index (χ4n) is 3.60. The minimum absolute atomic E-state index is 0.00794. The Morgan fingerprint density at radius 1 is 1.03 bits per heavy atom. The number of sulfone groups is 1. The van der Waals surface area contributed by atoms with Gasteiger partial charge in [-0.1, -0.05) is 39.3 Å². The molecule has 150 valence electrons. The van der Waals surface area contributed by atoms with Crippen molar-refractivity contribution in [2.45, 2.75) is 35.5 Å². The number of fused-ring (bicyclic) bond motifs is 1. The Bertz CT molecular complexity index is 1170. The standard InChI is InChI=1S/C21H16BrClO4S2/c22-12-4-6-13(7-5-12)28-17-3-1-2-16(24)19(17)21(25)15-8-9-18-14(20(15)23)10-11-29(18,26)27/h4-9H,1-3,10-11H2. The van der Waals surface area contributed by atoms with Gasteiger partial charge in [-0.2, -0.15) is 0 Å². The van der Waals surface area contributed by atoms with Gasteiger partial charge in [0, 0.05) is 26.3 Å². The molecule has 0 saturated heterocycles. The maximum Gasteiger partial charge on any atom is 0.198 e. The Morgan fingerprint density at radius 2 is 1.76 bits per heavy atom. The van der Waals surface area contributed by atoms with Crippen LogP contribution in [0.1, 0.15) is 35.2 Å². The van der Waals surface area contributed by atoms with Crippen molar-refractivity contribution in [1.29, 1.82) is 0 Å². The first-order valence-corrected chi connectivity index (χ1v) is 12.7. The Hall–Kier alpha value is -1.41. The molecule has 0 aromatic heterocycles. The van der Waals surface area contributed by atoms with Crippen LogP contribution in [0.2, 0.25) is 5.02 Å². The number of halogens is 2. The second-order valence-corrected chi connectivity index (χ2v) is 11.5. The number of allylic oxidation sites excluding steroid dienone is 2. The summed E-state index contributed by atoms with van der Waals surface area (Å²) < 4.78 is 25.2. The number of Topliss-reactive ketones (excluding diaryl/α,β-unsaturated/α-hetero) is 2. The molecule has 4 nitrogen and oxygen atoms in total. The van der Waals surface area contributed by atoms with Crippen LogP contribution in [0.25, 0.3) is 0 Å². The highest BCUT2D eigenvalue weighted by Gasteiger charge is 2.33. The van der Waals surface area contributed by atoms with Gasteiger partial charge >= 0.3 is 0 Å². The van der Waals surface area contributed by atoms with E-state index in [9.17, 15) is 18.0 Å². The SMILES string of the molecule is O=C1CCCC(Sc2ccc(Br)cc2)=C1C(=O)c1ccc2c(c1Cl)CCS2(=O)=O. The van der Waals surface area contributed by atoms with Gasteiger partial charge in [-0.15, -0.1) is 0 Å². The van der Waals surface area contributed by atoms with Crippen molar-refractivity contribution in [3.8, 4) is 0 Å². The second-order valence-electron chi connectivity index (χ2n) is 6.93. The average Bonchev–Trinajstić information content (AvgIpc) is 2.99. The Labute approximate surface area is 186 Å². The highest BCUT2D eigenvalue weighted by Crippen LogP contribution is 2.40. The van der Waals surface area contributed by atoms with Crippen LogP contribution < -0.4 is 0 Å². The molecule has 2 aliphatic rings. The number of thioether (sulfide) groups is 1. The Balaban J connectivity index is 1.76. The normalized spacial score (nSPS) is 18.1. The van der Waals surface area contributed by atoms with Gasteiger partial charge in [0.05, 0.1) is 21.2 Å². The van der Waals surface area contributed by atoms with Gasteiger partial charge < -0.3 is 0 Å². The van der Waals surface area contributed by atoms with Crippen LogP contribution in [0.15, 0.2) is 61.1 Å². The van der Waals surface area contributed by atoms with Gasteiger partial charge in [0.2, 0.25) is 0 Å². The number of ketones is 2. The summed E-state index contributed by atoms with van der Waals surface area (Å²) in [6, 6.07) is 10.5. The largest absolute Gasteiger partial charge is 0.294 e. The maximum absolute atomic E-state index is 13.3. The van der Waals surface area contributed by atoms with E-state index in [-0.39, 0.29) is 39.0 Å². The molecule has 1 aliphatic carbocycles. The fourth-order valence-corrected chi connectivity index (χ4v) is 6.92. The molecule has 0 radical (unpaired) electrons. The molecule has 0 N–H and O–H groups in total. The van der Waals surface area contributed by atoms with Crippen LogP contribution in [-0.2, 0) is 21.1 Å². The van der Waals surface area contributed by atoms with Gasteiger partial charge in [-0.3, -0.25) is 9.59 Å². The van der Waals surface area contributed by atoms with Gasteiger partial charge in [0.15, 0.2) is 21.4 Å². The molecule has 2 aromatic carbocycles. The predicted octanol–water partition coefficient (Wildman–Crippen LogP) is 5.41. The average molecular weight is 512 g/mol. The highest BCUT2D eigenvalue weighted by molar-refractivity contribution is 9.10. The summed E-state index contributed by atoms with van der Waals surface area (Å²) >= 11 is 11.3. The van der Waals surface area contributed by atoms with E-state index in [0.29, 0.717) is 24.8 Å². The third-order valence-electron chi connectivity index (χ3n) is 5.05. The van der Waals surface area contributed by atoms with Crippen LogP contribution in [0.4, 0.5) is 0 Å². The third kappa shape index (κ3) is 3.98. The zero-order valence-electron chi connectivity index (χ0n) is 15.2. The molecule has 4 rings (SSSR count). The van der Waals surface area contributed by atoms with Crippen molar-refractivity contribution >= 4 is 60.7 Å². The molecule has 0 fully saturated rings. The number of benzene rings is 2. The lowest BCUT2D eigenvalue weighted by Gasteiger charge is -2.19. The van der Waals surface area contributed by atoms with Gasteiger partial charge in [0.1, 0.15) is 0 Å². The number of rotatable bonds is 4. The topological polar surface area (TPSA) is 68.3 Å². The highest BCUT2D eigenvalue weighted by atomic mass is 79.9. The molecule has 0 spiro atoms. The monoisotopic (exact) mass is 510 g/mol. The van der Waals surface area contributed by atoms with Gasteiger partial charge in [0.25, 0.3) is 0 Å². The Morgan fingerprint density at radius 3 is 2.48 bits per heavy atom. The Kier molecular flexibility index (Phi) is 5.77. The van der Waals surface area contributed by atoms with Crippen LogP contribution in [-0.4, -0.2) is 25.7 Å². The number of hydrogen-bond acceptors (Lipinski definition) is 5. The molecular formula is C21H16BrClO4S2. The molecule has 0 atom stereocenters. The van der Waals surface area contributed by atoms with E-state index in [1.54, 1.807) is 0 Å². The summed E-state index contributed by atoms with van der Waals surface area (Å²) in [5.74, 6) is -0.622. The van der Waals surface area contributed by atoms with E-state index >= 15 is 0 Å². The summed E-state index contributed by atoms with van der Waals surface area (Å²) in [6.07, 6.45) is 1.95. The first-order chi connectivity index (χ1) is 13.8. The molecule has 0 saturated carbocycles. The van der Waals surface area contributed by atoms with E-state index in [1.807, 2.05) is 24.3 Å². The first-order valence-electron chi connectivity index (χ1n) is 9.06. The minimum Gasteiger partial charge on any atom is -0.294 e. The molecule has 0 amide bonds. The smallest absolute Gasteiger partial charge is 0.198 e. The predicted molar refractivity (Wildman–Crippen MR) is 117 cm³/mol. The zero-order chi connectivity index (χ0) is 20.8. The van der Waals surface area contributed by atoms with Crippen molar-refractivity contribution in [3.05, 3.63) is 67.5 Å². The van der Waals surface area contributed by atoms with Crippen LogP contribution in [0, 0.1) is 0 Å². The molecule has 0 bridgehead atoms. The van der Waals surface area contributed by atoms with Crippen molar-refractivity contribution in [1.82, 2.24) is 0 Å². The van der Waals surface area contributed by atoms with Crippen LogP contribution in [0.5, 0.6) is 0 Å². The molecule has 2 aromatic rings. The van der Waals surface area contributed by atoms with Crippen LogP contribution >= 0.6 is 39.3 Å². The van der Waals surface area contributed by atoms with Gasteiger partial charge in [-0.25, -0.2) is 8.42 Å². The molecule has 29 heavy (non-hydrogen) atoms. The van der Waals surface area contributed by atoms with Crippen molar-refractivity contribution in [3.63, 3.8) is 0 Å². The lowest BCUT2D eigenvalue weighted by Crippen LogP contribution is -2.19. The minimum atomic E-state index is -3.34. The van der Waals surface area contributed by atoms with Gasteiger partial charge in [-0.05, 0) is 61.2 Å². The zero-order valence-corrected chi connectivity index (χ0v) is 19.2. The van der Waals surface area contributed by atoms with E-state index in [2.05, 4.69) is 15.9 Å². The number of carbonyl (C=O) groups excluding carboxylic acids is 2. The molecule has 1 aliphatic heterocycles. The molecular weight excluding hydrogens is 496 g/mol. The lowest BCUT2D eigenvalue weighted by molar-refractivity contribution is -0.115. The summed E-state index contributed by atoms with van der Waals surface area (Å²) in [4.78, 5) is 27.8. The van der Waals surface area contributed by atoms with E-state index < -0.39 is 15.6 Å². The summed E-state index contributed by atoms with van der Waals surface area (Å²) in [5.41, 5.74) is 0.844. The molecule has 0 unspecified atom stereocenters. The first kappa shape index (κ1) is 20.8. The van der Waals surface area contributed by atoms with Crippen molar-refractivity contribution in [2.24, 2.45) is 0 Å². The van der Waals surface area contributed by atoms with E-state index in [0.717, 1.165) is 14.3 Å². The summed E-state index contributed by atoms with van der Waals surface area (Å²) in [6.45, 7) is 0. The summed E-state index contributed by atoms with van der Waals surface area (Å²) in [7, 11) is -3.34. The lowest BCUT2D eigenvalue weighted by atomic mass is 9.91. The van der Waals surface area contributed by atoms with Crippen molar-refractivity contribution < 1.29 is 18.0 Å². The van der Waals surface area contributed by atoms with E-state index in [4.69, 9.17) is 11.6 Å². The molecule has 1 heterocycles. The fraction of sp³-hybridized carbons (Fsp3) is 0.238. The maximum atomic E-state index is 13.3. The van der Waals surface area contributed by atoms with Crippen molar-refractivity contribution in [2.75, 3.05) is 5.75 Å². The quantitative estimate of drug-likeness (QED) is 0.405. The van der Waals surface area contributed by atoms with Crippen LogP contribution in [0.3, 0.4) is 0 Å². The van der Waals surface area contributed by atoms with E-state index in [1.165, 1.54) is 23.9 Å². The summed E-state index contributed by atoms with van der Waals surface area (Å²) in [5, 5.41) is 0.146. The second kappa shape index (κ2) is 8.02. The number of carbonyl (C=O) groups is 2. The molecule has 8 heteroatoms.